The van der Waals surface area contributed by atoms with Gasteiger partial charge in [0.05, 0.1) is 5.56 Å². The number of nitrogens with one attached hydrogen (secondary N) is 1. The number of phenolic OH excluding ortho intramolecular Hbond substituents is 1. The second-order valence-corrected chi connectivity index (χ2v) is 4.49. The van der Waals surface area contributed by atoms with E-state index in [4.69, 9.17) is 5.11 Å². The molecular weight excluding hydrogens is 297 g/mol. The number of piperazine rings is 1. The van der Waals surface area contributed by atoms with Gasteiger partial charge in [-0.25, -0.2) is 8.78 Å². The summed E-state index contributed by atoms with van der Waals surface area (Å²) in [7, 11) is 0. The SMILES string of the molecule is C[C@H]1CN(C(=O)c2cc(F)c(F)c(O)c2F)CCN1.Cl. The van der Waals surface area contributed by atoms with Crippen LogP contribution < -0.4 is 5.32 Å². The topological polar surface area (TPSA) is 52.6 Å². The van der Waals surface area contributed by atoms with Gasteiger partial charge in [0.1, 0.15) is 0 Å². The van der Waals surface area contributed by atoms with Crippen LogP contribution in [-0.2, 0) is 0 Å². The van der Waals surface area contributed by atoms with E-state index < -0.39 is 34.7 Å². The number of amides is 1. The largest absolute Gasteiger partial charge is 0.503 e. The second-order valence-electron chi connectivity index (χ2n) is 4.49. The lowest BCUT2D eigenvalue weighted by molar-refractivity contribution is 0.0702. The molecule has 4 nitrogen and oxygen atoms in total. The molecule has 112 valence electrons. The molecule has 2 rings (SSSR count). The maximum absolute atomic E-state index is 13.6. The zero-order valence-corrected chi connectivity index (χ0v) is 11.4. The van der Waals surface area contributed by atoms with Crippen LogP contribution in [0.4, 0.5) is 13.2 Å². The highest BCUT2D eigenvalue weighted by Crippen LogP contribution is 2.26. The average Bonchev–Trinajstić information content (AvgIpc) is 2.40. The molecule has 0 aromatic heterocycles. The predicted molar refractivity (Wildman–Crippen MR) is 68.6 cm³/mol. The van der Waals surface area contributed by atoms with Crippen LogP contribution in [0.5, 0.6) is 5.75 Å². The van der Waals surface area contributed by atoms with Crippen LogP contribution in [0.15, 0.2) is 6.07 Å². The van der Waals surface area contributed by atoms with E-state index in [1.807, 2.05) is 6.92 Å². The summed E-state index contributed by atoms with van der Waals surface area (Å²) >= 11 is 0. The molecule has 0 spiro atoms. The predicted octanol–water partition coefficient (Wildman–Crippen LogP) is 1.67. The molecular formula is C12H14ClF3N2O2. The van der Waals surface area contributed by atoms with Crippen LogP contribution in [0.1, 0.15) is 17.3 Å². The normalized spacial score (nSPS) is 18.6. The molecule has 1 saturated heterocycles. The van der Waals surface area contributed by atoms with Crippen molar-refractivity contribution in [3.05, 3.63) is 29.1 Å². The summed E-state index contributed by atoms with van der Waals surface area (Å²) in [5, 5.41) is 12.2. The smallest absolute Gasteiger partial charge is 0.257 e. The van der Waals surface area contributed by atoms with E-state index in [1.54, 1.807) is 0 Å². The average molecular weight is 311 g/mol. The third kappa shape index (κ3) is 2.99. The van der Waals surface area contributed by atoms with Gasteiger partial charge in [0.15, 0.2) is 17.4 Å². The number of halogens is 4. The molecule has 1 amide bonds. The molecule has 1 heterocycles. The van der Waals surface area contributed by atoms with Crippen LogP contribution in [-0.4, -0.2) is 41.6 Å². The minimum Gasteiger partial charge on any atom is -0.503 e. The van der Waals surface area contributed by atoms with Crippen molar-refractivity contribution in [3.63, 3.8) is 0 Å². The van der Waals surface area contributed by atoms with Gasteiger partial charge >= 0.3 is 0 Å². The molecule has 1 aliphatic heterocycles. The monoisotopic (exact) mass is 310 g/mol. The molecule has 0 saturated carbocycles. The number of carbonyl (C=O) groups excluding carboxylic acids is 1. The van der Waals surface area contributed by atoms with E-state index in [2.05, 4.69) is 5.32 Å². The van der Waals surface area contributed by atoms with Gasteiger partial charge in [0, 0.05) is 25.7 Å². The Balaban J connectivity index is 0.00000200. The van der Waals surface area contributed by atoms with Gasteiger partial charge in [-0.05, 0) is 13.0 Å². The molecule has 0 unspecified atom stereocenters. The first-order valence-electron chi connectivity index (χ1n) is 5.81. The Hall–Kier alpha value is -1.47. The van der Waals surface area contributed by atoms with Crippen molar-refractivity contribution in [1.29, 1.82) is 0 Å². The first-order valence-corrected chi connectivity index (χ1v) is 5.81. The minimum absolute atomic E-state index is 0. The van der Waals surface area contributed by atoms with E-state index in [9.17, 15) is 18.0 Å². The van der Waals surface area contributed by atoms with Crippen LogP contribution in [0.3, 0.4) is 0 Å². The van der Waals surface area contributed by atoms with E-state index >= 15 is 0 Å². The summed E-state index contributed by atoms with van der Waals surface area (Å²) in [5.74, 6) is -6.81. The fraction of sp³-hybridized carbons (Fsp3) is 0.417. The van der Waals surface area contributed by atoms with Crippen LogP contribution in [0.2, 0.25) is 0 Å². The molecule has 1 aromatic carbocycles. The lowest BCUT2D eigenvalue weighted by Crippen LogP contribution is -2.51. The Labute approximate surface area is 120 Å². The summed E-state index contributed by atoms with van der Waals surface area (Å²) < 4.78 is 39.7. The van der Waals surface area contributed by atoms with Crippen molar-refractivity contribution in [2.75, 3.05) is 19.6 Å². The van der Waals surface area contributed by atoms with E-state index in [-0.39, 0.29) is 18.4 Å². The molecule has 0 aliphatic carbocycles. The van der Waals surface area contributed by atoms with Crippen LogP contribution in [0.25, 0.3) is 0 Å². The summed E-state index contributed by atoms with van der Waals surface area (Å²) in [4.78, 5) is 13.4. The van der Waals surface area contributed by atoms with Crippen molar-refractivity contribution < 1.29 is 23.1 Å². The molecule has 0 bridgehead atoms. The van der Waals surface area contributed by atoms with Crippen molar-refractivity contribution in [1.82, 2.24) is 10.2 Å². The highest BCUT2D eigenvalue weighted by Gasteiger charge is 2.27. The Morgan fingerprint density at radius 1 is 1.40 bits per heavy atom. The molecule has 0 radical (unpaired) electrons. The van der Waals surface area contributed by atoms with Crippen LogP contribution in [0, 0.1) is 17.5 Å². The molecule has 2 N–H and O–H groups in total. The zero-order valence-electron chi connectivity index (χ0n) is 10.6. The number of hydrogen-bond donors (Lipinski definition) is 2. The minimum atomic E-state index is -1.69. The van der Waals surface area contributed by atoms with Crippen molar-refractivity contribution in [2.45, 2.75) is 13.0 Å². The van der Waals surface area contributed by atoms with Crippen LogP contribution >= 0.6 is 12.4 Å². The van der Waals surface area contributed by atoms with Crippen molar-refractivity contribution in [3.8, 4) is 5.75 Å². The Morgan fingerprint density at radius 2 is 2.05 bits per heavy atom. The Kier molecular flexibility index (Phi) is 5.24. The number of rotatable bonds is 1. The second kappa shape index (κ2) is 6.32. The van der Waals surface area contributed by atoms with E-state index in [0.29, 0.717) is 25.7 Å². The van der Waals surface area contributed by atoms with E-state index in [0.717, 1.165) is 0 Å². The molecule has 1 aliphatic rings. The van der Waals surface area contributed by atoms with Gasteiger partial charge in [-0.2, -0.15) is 4.39 Å². The fourth-order valence-corrected chi connectivity index (χ4v) is 2.03. The summed E-state index contributed by atoms with van der Waals surface area (Å²) in [5.41, 5.74) is -0.662. The van der Waals surface area contributed by atoms with Gasteiger partial charge in [0.25, 0.3) is 5.91 Å². The summed E-state index contributed by atoms with van der Waals surface area (Å²) in [6.07, 6.45) is 0. The first-order chi connectivity index (χ1) is 8.91. The summed E-state index contributed by atoms with van der Waals surface area (Å²) in [6.45, 7) is 3.04. The molecule has 1 atom stereocenters. The van der Waals surface area contributed by atoms with Crippen molar-refractivity contribution >= 4 is 18.3 Å². The lowest BCUT2D eigenvalue weighted by Gasteiger charge is -2.32. The zero-order chi connectivity index (χ0) is 14.2. The maximum Gasteiger partial charge on any atom is 0.257 e. The van der Waals surface area contributed by atoms with Gasteiger partial charge in [-0.15, -0.1) is 12.4 Å². The third-order valence-corrected chi connectivity index (χ3v) is 3.02. The highest BCUT2D eigenvalue weighted by atomic mass is 35.5. The van der Waals surface area contributed by atoms with Gasteiger partial charge in [-0.3, -0.25) is 4.79 Å². The number of phenols is 1. The Bertz CT molecular complexity index is 528. The molecule has 20 heavy (non-hydrogen) atoms. The molecule has 1 aromatic rings. The number of carbonyl (C=O) groups is 1. The number of nitrogens with zero attached hydrogens (tertiary/aromatic N) is 1. The first kappa shape index (κ1) is 16.6. The maximum atomic E-state index is 13.6. The van der Waals surface area contributed by atoms with Crippen molar-refractivity contribution in [2.24, 2.45) is 0 Å². The van der Waals surface area contributed by atoms with Gasteiger partial charge in [-0.1, -0.05) is 0 Å². The van der Waals surface area contributed by atoms with Gasteiger partial charge in [0.2, 0.25) is 5.82 Å². The highest BCUT2D eigenvalue weighted by molar-refractivity contribution is 5.95. The quantitative estimate of drug-likeness (QED) is 0.776. The Morgan fingerprint density at radius 3 is 2.65 bits per heavy atom. The number of aromatic hydroxyl groups is 1. The molecule has 1 fully saturated rings. The fourth-order valence-electron chi connectivity index (χ4n) is 2.03. The number of hydrogen-bond acceptors (Lipinski definition) is 3. The third-order valence-electron chi connectivity index (χ3n) is 3.02. The number of benzene rings is 1. The molecule has 8 heteroatoms. The lowest BCUT2D eigenvalue weighted by atomic mass is 10.1. The van der Waals surface area contributed by atoms with E-state index in [1.165, 1.54) is 4.90 Å². The van der Waals surface area contributed by atoms with Gasteiger partial charge < -0.3 is 15.3 Å². The summed E-state index contributed by atoms with van der Waals surface area (Å²) in [6, 6.07) is 0.499. The standard InChI is InChI=1S/C12H13F3N2O2.ClH/c1-6-5-17(3-2-16-6)12(19)7-4-8(13)10(15)11(18)9(7)14;/h4,6,16,18H,2-3,5H2,1H3;1H/t6-;/m0./s1.